The van der Waals surface area contributed by atoms with Gasteiger partial charge in [-0.05, 0) is 60.1 Å². The van der Waals surface area contributed by atoms with E-state index in [0.29, 0.717) is 11.6 Å². The van der Waals surface area contributed by atoms with Gasteiger partial charge in [-0.2, -0.15) is 0 Å². The first-order valence-electron chi connectivity index (χ1n) is 21.6. The number of hydrogen-bond donors (Lipinski definition) is 8. The molecule has 0 saturated heterocycles. The molecule has 2 heterocycles. The number of nitrogens with one attached hydrogen (secondary N) is 6. The summed E-state index contributed by atoms with van der Waals surface area (Å²) >= 11 is 0. The average Bonchev–Trinajstić information content (AvgIpc) is 3.89. The molecule has 0 radical (unpaired) electrons. The van der Waals surface area contributed by atoms with E-state index >= 15 is 0 Å². The second-order valence-corrected chi connectivity index (χ2v) is 17.0. The molecule has 6 rings (SSSR count). The maximum atomic E-state index is 14.2. The van der Waals surface area contributed by atoms with E-state index in [0.717, 1.165) is 33.2 Å². The van der Waals surface area contributed by atoms with Gasteiger partial charge in [0.2, 0.25) is 11.8 Å². The number of carbonyl (C=O) groups is 4. The Balaban J connectivity index is 1.18. The summed E-state index contributed by atoms with van der Waals surface area (Å²) in [4.78, 5) is 73.8. The van der Waals surface area contributed by atoms with Crippen molar-refractivity contribution >= 4 is 45.9 Å². The first-order chi connectivity index (χ1) is 30.7. The van der Waals surface area contributed by atoms with E-state index in [9.17, 15) is 29.4 Å². The topological polar surface area (TPSA) is 221 Å². The number of aliphatic hydroxyl groups excluding tert-OH is 2. The number of amides is 6. The van der Waals surface area contributed by atoms with Gasteiger partial charge in [-0.25, -0.2) is 19.6 Å². The van der Waals surface area contributed by atoms with E-state index in [1.807, 2.05) is 109 Å². The summed E-state index contributed by atoms with van der Waals surface area (Å²) in [5.74, 6) is -0.704. The normalized spacial score (nSPS) is 14.3. The van der Waals surface area contributed by atoms with E-state index in [4.69, 9.17) is 0 Å². The number of imidazole rings is 2. The predicted molar refractivity (Wildman–Crippen MR) is 246 cm³/mol. The second kappa shape index (κ2) is 21.5. The maximum absolute atomic E-state index is 14.2. The third kappa shape index (κ3) is 12.2. The molecule has 0 spiro atoms. The third-order valence-electron chi connectivity index (χ3n) is 11.2. The van der Waals surface area contributed by atoms with Crippen molar-refractivity contribution in [2.45, 2.75) is 90.0 Å². The zero-order valence-corrected chi connectivity index (χ0v) is 37.2. The van der Waals surface area contributed by atoms with Crippen LogP contribution < -0.4 is 21.3 Å². The van der Waals surface area contributed by atoms with Gasteiger partial charge >= 0.3 is 12.1 Å². The third-order valence-corrected chi connectivity index (χ3v) is 11.2. The summed E-state index contributed by atoms with van der Waals surface area (Å²) in [6, 6.07) is 28.3. The fourth-order valence-corrected chi connectivity index (χ4v) is 7.58. The molecule has 0 aliphatic heterocycles. The fraction of sp³-hybridized carbons (Fsp3) is 0.375. The van der Waals surface area contributed by atoms with Crippen LogP contribution in [0.3, 0.4) is 0 Å². The van der Waals surface area contributed by atoms with E-state index in [1.54, 1.807) is 41.8 Å². The van der Waals surface area contributed by atoms with Crippen LogP contribution in [-0.2, 0) is 35.5 Å². The molecule has 0 aliphatic rings. The minimum Gasteiger partial charge on any atom is -0.388 e. The lowest BCUT2D eigenvalue weighted by atomic mass is 9.90. The number of benzene rings is 4. The highest BCUT2D eigenvalue weighted by atomic mass is 16.3. The van der Waals surface area contributed by atoms with Crippen molar-refractivity contribution in [1.82, 2.24) is 51.0 Å². The van der Waals surface area contributed by atoms with Crippen LogP contribution >= 0.6 is 0 Å². The van der Waals surface area contributed by atoms with Crippen LogP contribution in [0.4, 0.5) is 9.59 Å². The Morgan fingerprint density at radius 1 is 0.531 bits per heavy atom. The van der Waals surface area contributed by atoms with E-state index in [2.05, 4.69) is 41.2 Å². The number of rotatable bonds is 19. The molecule has 4 aromatic carbocycles. The number of para-hydroxylation sites is 4. The quantitative estimate of drug-likeness (QED) is 0.0572. The summed E-state index contributed by atoms with van der Waals surface area (Å²) in [7, 11) is 3.21. The molecule has 0 saturated carbocycles. The van der Waals surface area contributed by atoms with Crippen LogP contribution in [0.2, 0.25) is 0 Å². The Morgan fingerprint density at radius 3 is 1.22 bits per heavy atom. The van der Waals surface area contributed by atoms with Gasteiger partial charge in [-0.15, -0.1) is 0 Å². The molecule has 0 bridgehead atoms. The first kappa shape index (κ1) is 46.7. The lowest BCUT2D eigenvalue weighted by Crippen LogP contribution is -2.62. The number of hydrogen-bond acceptors (Lipinski definition) is 8. The minimum atomic E-state index is -1.61. The summed E-state index contributed by atoms with van der Waals surface area (Å²) in [5.41, 5.74) is 4.76. The summed E-state index contributed by atoms with van der Waals surface area (Å²) < 4.78 is 0. The number of aromatic amines is 2. The Hall–Kier alpha value is -6.78. The molecular weight excluding hydrogens is 813 g/mol. The van der Waals surface area contributed by atoms with Crippen molar-refractivity contribution in [1.29, 1.82) is 0 Å². The maximum Gasteiger partial charge on any atom is 0.318 e. The van der Waals surface area contributed by atoms with Crippen molar-refractivity contribution < 1.29 is 29.4 Å². The van der Waals surface area contributed by atoms with Gasteiger partial charge in [-0.1, -0.05) is 113 Å². The smallest absolute Gasteiger partial charge is 0.318 e. The molecule has 16 nitrogen and oxygen atoms in total. The largest absolute Gasteiger partial charge is 0.388 e. The van der Waals surface area contributed by atoms with Crippen molar-refractivity contribution in [3.05, 3.63) is 132 Å². The molecule has 0 unspecified atom stereocenters. The molecule has 6 amide bonds. The van der Waals surface area contributed by atoms with Crippen molar-refractivity contribution in [2.75, 3.05) is 14.1 Å². The van der Waals surface area contributed by atoms with Gasteiger partial charge < -0.3 is 51.2 Å². The van der Waals surface area contributed by atoms with Crippen molar-refractivity contribution in [3.63, 3.8) is 0 Å². The number of aliphatic hydroxyl groups is 2. The standard InChI is InChI=1S/C48H60N10O6/c1-29(2)41(55-47(63)57(5)27-39-49-33-21-13-14-22-34(33)50-39)45(61)53-37(25-31-17-9-7-10-18-31)43(59)44(60)38(26-32-19-11-8-12-20-32)54-46(62)42(30(3)4)56-48(64)58(6)28-40-51-35-23-15-16-24-36(35)52-40/h7-24,29-30,37-38,41-44,59-60H,25-28H2,1-6H3,(H,49,50)(H,51,52)(H,53,61)(H,54,62)(H,55,63)(H,56,64)/t37-,38-,41-,42-,43-,44+/m0/s1. The molecule has 6 atom stereocenters. The number of fused-ring (bicyclic) bond motifs is 2. The highest BCUT2D eigenvalue weighted by Gasteiger charge is 2.38. The Bertz CT molecular complexity index is 2240. The molecule has 0 aliphatic carbocycles. The van der Waals surface area contributed by atoms with Crippen LogP contribution in [0.15, 0.2) is 109 Å². The van der Waals surface area contributed by atoms with Crippen LogP contribution in [0.25, 0.3) is 22.1 Å². The zero-order valence-electron chi connectivity index (χ0n) is 37.2. The first-order valence-corrected chi connectivity index (χ1v) is 21.6. The molecular formula is C48H60N10O6. The highest BCUT2D eigenvalue weighted by molar-refractivity contribution is 5.88. The van der Waals surface area contributed by atoms with E-state index in [1.165, 1.54) is 9.80 Å². The van der Waals surface area contributed by atoms with Crippen molar-refractivity contribution in [3.8, 4) is 0 Å². The van der Waals surface area contributed by atoms with Crippen LogP contribution in [0, 0.1) is 11.8 Å². The number of urea groups is 2. The van der Waals surface area contributed by atoms with E-state index < -0.39 is 60.3 Å². The van der Waals surface area contributed by atoms with Crippen LogP contribution in [0.1, 0.15) is 50.5 Å². The van der Waals surface area contributed by atoms with Gasteiger partial charge in [0.25, 0.3) is 0 Å². The average molecular weight is 873 g/mol. The van der Waals surface area contributed by atoms with Gasteiger partial charge in [0.1, 0.15) is 35.9 Å². The monoisotopic (exact) mass is 872 g/mol. The number of carbonyl (C=O) groups excluding carboxylic acids is 4. The number of H-pyrrole nitrogens is 2. The molecule has 338 valence electrons. The molecule has 64 heavy (non-hydrogen) atoms. The molecule has 6 aromatic rings. The number of aromatic nitrogens is 4. The molecule has 0 fully saturated rings. The summed E-state index contributed by atoms with van der Waals surface area (Å²) in [6.07, 6.45) is -2.99. The molecule has 8 N–H and O–H groups in total. The Kier molecular flexibility index (Phi) is 15.7. The van der Waals surface area contributed by atoms with Gasteiger partial charge in [0, 0.05) is 14.1 Å². The Labute approximate surface area is 373 Å². The lowest BCUT2D eigenvalue weighted by molar-refractivity contribution is -0.129. The van der Waals surface area contributed by atoms with E-state index in [-0.39, 0.29) is 37.8 Å². The van der Waals surface area contributed by atoms with Crippen molar-refractivity contribution in [2.24, 2.45) is 11.8 Å². The number of nitrogens with zero attached hydrogens (tertiary/aromatic N) is 4. The minimum absolute atomic E-state index is 0.115. The molecule has 16 heteroatoms. The fourth-order valence-electron chi connectivity index (χ4n) is 7.58. The second-order valence-electron chi connectivity index (χ2n) is 17.0. The van der Waals surface area contributed by atoms with Crippen LogP contribution in [0.5, 0.6) is 0 Å². The zero-order chi connectivity index (χ0) is 45.9. The highest BCUT2D eigenvalue weighted by Crippen LogP contribution is 2.18. The molecule has 2 aromatic heterocycles. The van der Waals surface area contributed by atoms with Crippen LogP contribution in [-0.4, -0.2) is 114 Å². The summed E-state index contributed by atoms with van der Waals surface area (Å²) in [6.45, 7) is 7.51. The SMILES string of the molecule is CC(C)[C@H](NC(=O)N(C)Cc1nc2ccccc2[nH]1)C(=O)N[C@@H](Cc1ccccc1)[C@H](O)[C@H](O)[C@H](Cc1ccccc1)NC(=O)[C@@H](NC(=O)N(C)Cc1nc2ccccc2[nH]1)C(C)C. The predicted octanol–water partition coefficient (Wildman–Crippen LogP) is 4.65. The van der Waals surface area contributed by atoms with Gasteiger partial charge in [0.05, 0.1) is 47.2 Å². The lowest BCUT2D eigenvalue weighted by Gasteiger charge is -2.35. The summed E-state index contributed by atoms with van der Waals surface area (Å²) in [5, 5.41) is 35.8. The Morgan fingerprint density at radius 2 is 0.875 bits per heavy atom. The van der Waals surface area contributed by atoms with Gasteiger partial charge in [-0.3, -0.25) is 9.59 Å². The van der Waals surface area contributed by atoms with Gasteiger partial charge in [0.15, 0.2) is 0 Å².